The molecule has 0 spiro atoms. The summed E-state index contributed by atoms with van der Waals surface area (Å²) in [6, 6.07) is 16.6. The van der Waals surface area contributed by atoms with E-state index in [1.807, 2.05) is 30.3 Å². The molecule has 0 fully saturated rings. The van der Waals surface area contributed by atoms with Crippen molar-refractivity contribution < 1.29 is 32.6 Å². The van der Waals surface area contributed by atoms with E-state index < -0.39 is 24.1 Å². The van der Waals surface area contributed by atoms with Crippen LogP contribution in [0.2, 0.25) is 5.02 Å². The average Bonchev–Trinajstić information content (AvgIpc) is 2.82. The number of anilines is 1. The Labute approximate surface area is 215 Å². The third-order valence-corrected chi connectivity index (χ3v) is 5.48. The molecule has 0 aliphatic carbocycles. The summed E-state index contributed by atoms with van der Waals surface area (Å²) in [6.07, 6.45) is -3.68. The maximum absolute atomic E-state index is 12.8. The number of rotatable bonds is 9. The number of carboxylic acid groups (broad SMARTS) is 1. The van der Waals surface area contributed by atoms with Crippen LogP contribution in [-0.4, -0.2) is 23.5 Å². The molecule has 192 valence electrons. The third-order valence-electron chi connectivity index (χ3n) is 5.18. The van der Waals surface area contributed by atoms with Gasteiger partial charge in [0.05, 0.1) is 16.7 Å². The van der Waals surface area contributed by atoms with E-state index in [4.69, 9.17) is 16.7 Å². The number of nitriles is 1. The number of para-hydroxylation sites is 1. The average molecular weight is 532 g/mol. The van der Waals surface area contributed by atoms with E-state index in [0.29, 0.717) is 12.8 Å². The fraction of sp³-hybridized carbons (Fsp3) is 0.192. The lowest BCUT2D eigenvalue weighted by Gasteiger charge is -2.16. The maximum Gasteiger partial charge on any atom is 0.573 e. The summed E-state index contributed by atoms with van der Waals surface area (Å²) in [5.41, 5.74) is 1.92. The Hall–Kier alpha value is -4.23. The highest BCUT2D eigenvalue weighted by Gasteiger charge is 2.32. The third kappa shape index (κ3) is 8.15. The lowest BCUT2D eigenvalue weighted by molar-refractivity contribution is -0.274. The summed E-state index contributed by atoms with van der Waals surface area (Å²) < 4.78 is 42.5. The summed E-state index contributed by atoms with van der Waals surface area (Å²) in [4.78, 5) is 23.0. The van der Waals surface area contributed by atoms with E-state index >= 15 is 0 Å². The molecule has 2 amide bonds. The van der Waals surface area contributed by atoms with Crippen LogP contribution in [0.25, 0.3) is 11.1 Å². The van der Waals surface area contributed by atoms with E-state index in [0.717, 1.165) is 17.2 Å². The molecular formula is C26H21ClF3N3O4. The van der Waals surface area contributed by atoms with Gasteiger partial charge in [-0.15, -0.1) is 13.2 Å². The van der Waals surface area contributed by atoms with Crippen molar-refractivity contribution in [1.82, 2.24) is 5.32 Å². The number of ether oxygens (including phenoxy) is 1. The number of carboxylic acids is 1. The predicted molar refractivity (Wildman–Crippen MR) is 131 cm³/mol. The van der Waals surface area contributed by atoms with Crippen molar-refractivity contribution in [3.8, 4) is 22.9 Å². The monoisotopic (exact) mass is 531 g/mol. The molecule has 7 nitrogen and oxygen atoms in total. The lowest BCUT2D eigenvalue weighted by atomic mass is 9.98. The minimum Gasteiger partial charge on any atom is -0.481 e. The molecule has 37 heavy (non-hydrogen) atoms. The first-order valence-corrected chi connectivity index (χ1v) is 11.4. The quantitative estimate of drug-likeness (QED) is 0.291. The van der Waals surface area contributed by atoms with Crippen LogP contribution < -0.4 is 15.4 Å². The van der Waals surface area contributed by atoms with Gasteiger partial charge in [-0.1, -0.05) is 54.1 Å². The van der Waals surface area contributed by atoms with Crippen LogP contribution in [0.3, 0.4) is 0 Å². The number of carbonyl (C=O) groups is 2. The number of halogens is 4. The number of alkyl halides is 3. The van der Waals surface area contributed by atoms with E-state index in [9.17, 15) is 28.0 Å². The van der Waals surface area contributed by atoms with Crippen LogP contribution in [-0.2, 0) is 17.8 Å². The van der Waals surface area contributed by atoms with Crippen molar-refractivity contribution in [2.75, 3.05) is 5.32 Å². The van der Waals surface area contributed by atoms with Crippen LogP contribution in [0.1, 0.15) is 29.5 Å². The second kappa shape index (κ2) is 12.1. The first kappa shape index (κ1) is 27.4. The van der Waals surface area contributed by atoms with Crippen molar-refractivity contribution >= 4 is 29.3 Å². The highest BCUT2D eigenvalue weighted by molar-refractivity contribution is 6.34. The summed E-state index contributed by atoms with van der Waals surface area (Å²) >= 11 is 6.32. The Kier molecular flexibility index (Phi) is 8.98. The first-order chi connectivity index (χ1) is 17.6. The summed E-state index contributed by atoms with van der Waals surface area (Å²) in [5, 5.41) is 23.5. The Morgan fingerprint density at radius 3 is 2.38 bits per heavy atom. The SMILES string of the molecule is N#Cc1cc(NC(=O)NCc2ccc(CCCC(=O)O)cc2)cc(Cl)c1-c1ccccc1OC(F)(F)F. The molecule has 3 N–H and O–H groups in total. The Morgan fingerprint density at radius 1 is 1.05 bits per heavy atom. The lowest BCUT2D eigenvalue weighted by Crippen LogP contribution is -2.28. The molecule has 0 unspecified atom stereocenters. The van der Waals surface area contributed by atoms with Crippen molar-refractivity contribution in [3.05, 3.63) is 82.4 Å². The van der Waals surface area contributed by atoms with Gasteiger partial charge in [0, 0.05) is 29.8 Å². The number of aryl methyl sites for hydroxylation is 1. The van der Waals surface area contributed by atoms with Gasteiger partial charge in [-0.3, -0.25) is 4.79 Å². The van der Waals surface area contributed by atoms with E-state index in [-0.39, 0.29) is 40.4 Å². The fourth-order valence-corrected chi connectivity index (χ4v) is 3.87. The molecular weight excluding hydrogens is 511 g/mol. The molecule has 0 aliphatic heterocycles. The zero-order valence-corrected chi connectivity index (χ0v) is 20.0. The summed E-state index contributed by atoms with van der Waals surface area (Å²) in [7, 11) is 0. The number of benzene rings is 3. The van der Waals surface area contributed by atoms with Crippen molar-refractivity contribution in [3.63, 3.8) is 0 Å². The molecule has 3 aromatic carbocycles. The Balaban J connectivity index is 1.68. The number of urea groups is 1. The molecule has 0 bridgehead atoms. The van der Waals surface area contributed by atoms with Crippen LogP contribution in [0.5, 0.6) is 5.75 Å². The standard InChI is InChI=1S/C26H21ClF3N3O4/c27-21-13-19(12-18(14-31)24(21)20-5-1-2-6-22(20)37-26(28,29)30)33-25(36)32-15-17-10-8-16(9-11-17)4-3-7-23(34)35/h1-2,5-6,8-13H,3-4,7,15H2,(H,34,35)(H2,32,33,36). The number of amides is 2. The molecule has 0 saturated carbocycles. The Morgan fingerprint density at radius 2 is 1.73 bits per heavy atom. The fourth-order valence-electron chi connectivity index (χ4n) is 3.55. The highest BCUT2D eigenvalue weighted by atomic mass is 35.5. The largest absolute Gasteiger partial charge is 0.573 e. The number of nitrogens with zero attached hydrogens (tertiary/aromatic N) is 1. The molecule has 0 atom stereocenters. The second-order valence-corrected chi connectivity index (χ2v) is 8.32. The van der Waals surface area contributed by atoms with E-state index in [1.54, 1.807) is 0 Å². The van der Waals surface area contributed by atoms with Crippen molar-refractivity contribution in [1.29, 1.82) is 5.26 Å². The highest BCUT2D eigenvalue weighted by Crippen LogP contribution is 2.40. The molecule has 3 aromatic rings. The number of carbonyl (C=O) groups excluding carboxylic acids is 1. The molecule has 0 heterocycles. The van der Waals surface area contributed by atoms with Gasteiger partial charge in [0.2, 0.25) is 0 Å². The second-order valence-electron chi connectivity index (χ2n) is 7.91. The first-order valence-electron chi connectivity index (χ1n) is 11.0. The van der Waals surface area contributed by atoms with Gasteiger partial charge in [-0.25, -0.2) is 4.79 Å². The zero-order chi connectivity index (χ0) is 27.0. The minimum absolute atomic E-state index is 0.0243. The van der Waals surface area contributed by atoms with Crippen molar-refractivity contribution in [2.45, 2.75) is 32.2 Å². The number of nitrogens with one attached hydrogen (secondary N) is 2. The molecule has 0 radical (unpaired) electrons. The van der Waals surface area contributed by atoms with Crippen LogP contribution in [0.15, 0.2) is 60.7 Å². The Bertz CT molecular complexity index is 1320. The normalized spacial score (nSPS) is 10.9. The molecule has 3 rings (SSSR count). The van der Waals surface area contributed by atoms with Gasteiger partial charge in [-0.05, 0) is 42.2 Å². The number of hydrogen-bond acceptors (Lipinski definition) is 4. The number of hydrogen-bond donors (Lipinski definition) is 3. The predicted octanol–water partition coefficient (Wildman–Crippen LogP) is 6.51. The molecule has 0 aromatic heterocycles. The van der Waals surface area contributed by atoms with Crippen LogP contribution >= 0.6 is 11.6 Å². The van der Waals surface area contributed by atoms with Crippen LogP contribution in [0.4, 0.5) is 23.7 Å². The zero-order valence-electron chi connectivity index (χ0n) is 19.2. The van der Waals surface area contributed by atoms with Crippen LogP contribution in [0, 0.1) is 11.3 Å². The molecule has 11 heteroatoms. The van der Waals surface area contributed by atoms with E-state index in [1.165, 1.54) is 30.3 Å². The topological polar surface area (TPSA) is 111 Å². The van der Waals surface area contributed by atoms with Crippen molar-refractivity contribution in [2.24, 2.45) is 0 Å². The molecule has 0 saturated heterocycles. The minimum atomic E-state index is -4.93. The van der Waals surface area contributed by atoms with Gasteiger partial charge in [0.15, 0.2) is 0 Å². The molecule has 0 aliphatic rings. The maximum atomic E-state index is 12.8. The summed E-state index contributed by atoms with van der Waals surface area (Å²) in [6.45, 7) is 0.195. The van der Waals surface area contributed by atoms with Gasteiger partial charge in [0.25, 0.3) is 0 Å². The summed E-state index contributed by atoms with van der Waals surface area (Å²) in [5.74, 6) is -1.36. The van der Waals surface area contributed by atoms with Gasteiger partial charge >= 0.3 is 18.4 Å². The number of aliphatic carboxylic acids is 1. The van der Waals surface area contributed by atoms with Gasteiger partial charge < -0.3 is 20.5 Å². The van der Waals surface area contributed by atoms with E-state index in [2.05, 4.69) is 15.4 Å². The van der Waals surface area contributed by atoms with Gasteiger partial charge in [0.1, 0.15) is 5.75 Å². The smallest absolute Gasteiger partial charge is 0.481 e. The van der Waals surface area contributed by atoms with Gasteiger partial charge in [-0.2, -0.15) is 5.26 Å².